The van der Waals surface area contributed by atoms with Crippen molar-refractivity contribution in [2.75, 3.05) is 13.7 Å². The van der Waals surface area contributed by atoms with Crippen molar-refractivity contribution in [2.45, 2.75) is 114 Å². The lowest BCUT2D eigenvalue weighted by Gasteiger charge is -2.36. The Hall–Kier alpha value is -3.82. The molecule has 3 saturated carbocycles. The van der Waals surface area contributed by atoms with Gasteiger partial charge >= 0.3 is 6.09 Å². The maximum Gasteiger partial charge on any atom is 0.408 e. The Morgan fingerprint density at radius 1 is 1.12 bits per heavy atom. The molecule has 2 aromatic rings. The first-order valence-electron chi connectivity index (χ1n) is 17.9. The van der Waals surface area contributed by atoms with E-state index in [1.807, 2.05) is 51.3 Å². The second kappa shape index (κ2) is 14.2. The number of ether oxygens (including phenoxy) is 2. The molecule has 0 spiro atoms. The molecule has 5 atom stereocenters. The Bertz CT molecular complexity index is 1830. The van der Waals surface area contributed by atoms with Crippen molar-refractivity contribution >= 4 is 45.2 Å². The monoisotopic (exact) mass is 755 g/mol. The molecular formula is C37H49N5O8S2. The number of benzene rings is 1. The summed E-state index contributed by atoms with van der Waals surface area (Å²) in [4.78, 5) is 61.8. The van der Waals surface area contributed by atoms with Gasteiger partial charge in [0, 0.05) is 36.6 Å². The number of sulfonamides is 1. The van der Waals surface area contributed by atoms with E-state index in [4.69, 9.17) is 9.47 Å². The summed E-state index contributed by atoms with van der Waals surface area (Å²) in [6, 6.07) is 3.58. The number of hydrogen-bond acceptors (Lipinski definition) is 10. The van der Waals surface area contributed by atoms with E-state index in [1.54, 1.807) is 6.20 Å². The molecule has 3 aliphatic carbocycles. The fourth-order valence-electron chi connectivity index (χ4n) is 7.50. The Kier molecular flexibility index (Phi) is 10.4. The van der Waals surface area contributed by atoms with Gasteiger partial charge in [0.05, 0.1) is 11.8 Å². The summed E-state index contributed by atoms with van der Waals surface area (Å²) < 4.78 is 39.6. The van der Waals surface area contributed by atoms with Crippen LogP contribution in [0.25, 0.3) is 10.6 Å². The summed E-state index contributed by atoms with van der Waals surface area (Å²) in [5.41, 5.74) is -0.881. The number of alkyl carbamates (subject to hydrolysis) is 1. The van der Waals surface area contributed by atoms with Gasteiger partial charge in [-0.25, -0.2) is 18.2 Å². The molecule has 15 heteroatoms. The van der Waals surface area contributed by atoms with Crippen molar-refractivity contribution in [3.8, 4) is 10.6 Å². The van der Waals surface area contributed by atoms with Crippen LogP contribution >= 0.6 is 11.3 Å². The Morgan fingerprint density at radius 3 is 2.38 bits per heavy atom. The van der Waals surface area contributed by atoms with Gasteiger partial charge in [0.15, 0.2) is 0 Å². The third-order valence-electron chi connectivity index (χ3n) is 10.9. The number of hydrogen-bond donors (Lipinski definition) is 3. The molecule has 4 amide bonds. The van der Waals surface area contributed by atoms with Crippen molar-refractivity contribution in [2.24, 2.45) is 11.3 Å². The molecule has 4 fully saturated rings. The summed E-state index contributed by atoms with van der Waals surface area (Å²) in [7, 11) is -2.37. The number of amides is 4. The predicted molar refractivity (Wildman–Crippen MR) is 195 cm³/mol. The van der Waals surface area contributed by atoms with Gasteiger partial charge in [0.25, 0.3) is 5.91 Å². The lowest BCUT2D eigenvalue weighted by atomic mass is 9.85. The molecular weight excluding hydrogens is 707 g/mol. The van der Waals surface area contributed by atoms with Crippen LogP contribution in [-0.2, 0) is 39.5 Å². The Morgan fingerprint density at radius 2 is 1.83 bits per heavy atom. The number of methoxy groups -OCH3 is 1. The number of carbonyl (C=O) groups excluding carboxylic acids is 4. The smallest absolute Gasteiger partial charge is 0.408 e. The molecule has 6 rings (SSSR count). The van der Waals surface area contributed by atoms with Gasteiger partial charge in [-0.05, 0) is 68.4 Å². The highest BCUT2D eigenvalue weighted by Crippen LogP contribution is 2.47. The molecule has 2 heterocycles. The molecule has 282 valence electrons. The minimum Gasteiger partial charge on any atom is -0.446 e. The van der Waals surface area contributed by atoms with Crippen LogP contribution in [0.1, 0.15) is 83.3 Å². The van der Waals surface area contributed by atoms with Crippen LogP contribution in [0.3, 0.4) is 0 Å². The quantitative estimate of drug-likeness (QED) is 0.267. The number of aromatic nitrogens is 1. The lowest BCUT2D eigenvalue weighted by molar-refractivity contribution is -0.143. The average Bonchev–Trinajstić information content (AvgIpc) is 3.85. The van der Waals surface area contributed by atoms with E-state index in [9.17, 15) is 27.6 Å². The molecule has 0 bridgehead atoms. The van der Waals surface area contributed by atoms with Crippen LogP contribution in [0.5, 0.6) is 0 Å². The molecule has 4 aliphatic rings. The van der Waals surface area contributed by atoms with E-state index in [2.05, 4.69) is 26.9 Å². The molecule has 1 saturated heterocycles. The Balaban J connectivity index is 1.33. The van der Waals surface area contributed by atoms with Gasteiger partial charge in [-0.1, -0.05) is 45.0 Å². The number of nitrogens with zero attached hydrogens (tertiary/aromatic N) is 2. The summed E-state index contributed by atoms with van der Waals surface area (Å²) in [6.45, 7) is 11.2. The van der Waals surface area contributed by atoms with Crippen LogP contribution in [0.15, 0.2) is 42.4 Å². The van der Waals surface area contributed by atoms with Gasteiger partial charge in [-0.2, -0.15) is 0 Å². The fraction of sp³-hybridized carbons (Fsp3) is 0.595. The second-order valence-corrected chi connectivity index (χ2v) is 18.5. The molecule has 1 aliphatic heterocycles. The molecule has 1 aromatic heterocycles. The predicted octanol–water partition coefficient (Wildman–Crippen LogP) is 4.31. The first-order valence-corrected chi connectivity index (χ1v) is 20.3. The van der Waals surface area contributed by atoms with E-state index in [-0.39, 0.29) is 25.5 Å². The Labute approximate surface area is 309 Å². The van der Waals surface area contributed by atoms with Gasteiger partial charge in [-0.15, -0.1) is 17.9 Å². The number of aryl methyl sites for hydroxylation is 1. The van der Waals surface area contributed by atoms with Crippen LogP contribution < -0.4 is 15.4 Å². The first kappa shape index (κ1) is 37.9. The molecule has 3 N–H and O–H groups in total. The number of likely N-dealkylation sites (tertiary alicyclic amines) is 1. The number of thiazole rings is 1. The largest absolute Gasteiger partial charge is 0.446 e. The zero-order valence-electron chi connectivity index (χ0n) is 30.4. The SMILES string of the molecule is C=C[C@@H]1C[C@]1(NC(=O)[C@@H]1C[C@@](OC)(c2ccc(-c3nccs3)c(C)c2)CN1C(=O)[C@@H](NC(=O)OC1CCCC1)C(C)(C)C)C(=O)NS(=O)(=O)C1CC1. The zero-order valence-corrected chi connectivity index (χ0v) is 32.0. The third kappa shape index (κ3) is 7.49. The summed E-state index contributed by atoms with van der Waals surface area (Å²) >= 11 is 1.52. The maximum atomic E-state index is 14.7. The third-order valence-corrected chi connectivity index (χ3v) is 13.5. The van der Waals surface area contributed by atoms with Crippen LogP contribution in [0.4, 0.5) is 4.79 Å². The van der Waals surface area contributed by atoms with Gasteiger partial charge in [0.2, 0.25) is 21.8 Å². The van der Waals surface area contributed by atoms with Crippen LogP contribution in [-0.4, -0.2) is 84.7 Å². The second-order valence-electron chi connectivity index (χ2n) is 15.7. The zero-order chi connectivity index (χ0) is 37.6. The van der Waals surface area contributed by atoms with E-state index in [1.165, 1.54) is 29.4 Å². The molecule has 1 aromatic carbocycles. The minimum atomic E-state index is -3.90. The number of nitrogens with one attached hydrogen (secondary N) is 3. The standard InChI is InChI=1S/C37H49N5O8S2/c1-7-23-19-37(23,33(45)41-52(47,48)26-13-14-26)40-30(43)28-20-36(49-6,24-12-15-27(22(2)18-24)31-38-16-17-51-31)21-42(28)32(44)29(35(3,4)5)39-34(46)50-25-10-8-9-11-25/h7,12,15-18,23,25-26,28-29H,1,8-11,13-14,19-21H2,2-6H3,(H,39,46)(H,40,43)(H,41,45)/t23-,28+,29-,36+,37-/m1/s1. The highest BCUT2D eigenvalue weighted by Gasteiger charge is 2.62. The maximum absolute atomic E-state index is 14.7. The van der Waals surface area contributed by atoms with Gasteiger partial charge < -0.3 is 25.0 Å². The molecule has 0 unspecified atom stereocenters. The molecule has 0 radical (unpaired) electrons. The highest BCUT2D eigenvalue weighted by molar-refractivity contribution is 7.91. The van der Waals surface area contributed by atoms with Crippen LogP contribution in [0, 0.1) is 18.3 Å². The topological polar surface area (TPSA) is 173 Å². The number of rotatable bonds is 12. The normalized spacial score (nSPS) is 26.8. The van der Waals surface area contributed by atoms with Crippen molar-refractivity contribution < 1.29 is 37.1 Å². The summed E-state index contributed by atoms with van der Waals surface area (Å²) in [5.74, 6) is -2.51. The summed E-state index contributed by atoms with van der Waals surface area (Å²) in [6.07, 6.45) is 6.89. The van der Waals surface area contributed by atoms with E-state index < -0.39 is 73.6 Å². The molecule has 52 heavy (non-hydrogen) atoms. The molecule has 13 nitrogen and oxygen atoms in total. The fourth-order valence-corrected chi connectivity index (χ4v) is 9.59. The van der Waals surface area contributed by atoms with Gasteiger partial charge in [-0.3, -0.25) is 19.1 Å². The van der Waals surface area contributed by atoms with E-state index in [0.717, 1.165) is 47.4 Å². The van der Waals surface area contributed by atoms with E-state index in [0.29, 0.717) is 12.8 Å². The van der Waals surface area contributed by atoms with Gasteiger partial charge in [0.1, 0.15) is 34.3 Å². The average molecular weight is 756 g/mol. The lowest BCUT2D eigenvalue weighted by Crippen LogP contribution is -2.60. The van der Waals surface area contributed by atoms with Crippen molar-refractivity contribution in [1.82, 2.24) is 25.2 Å². The van der Waals surface area contributed by atoms with Crippen LogP contribution in [0.2, 0.25) is 0 Å². The highest BCUT2D eigenvalue weighted by atomic mass is 32.2. The minimum absolute atomic E-state index is 0.0251. The first-order chi connectivity index (χ1) is 24.5. The van der Waals surface area contributed by atoms with Crippen molar-refractivity contribution in [3.05, 3.63) is 53.6 Å². The number of carbonyl (C=O) groups is 4. The summed E-state index contributed by atoms with van der Waals surface area (Å²) in [5, 5.41) is 7.76. The van der Waals surface area contributed by atoms with E-state index >= 15 is 0 Å². The van der Waals surface area contributed by atoms with Crippen molar-refractivity contribution in [3.63, 3.8) is 0 Å². The van der Waals surface area contributed by atoms with Crippen molar-refractivity contribution in [1.29, 1.82) is 0 Å².